The quantitative estimate of drug-likeness (QED) is 0.542. The number of allylic oxidation sites excluding steroid dienone is 11. The Morgan fingerprint density at radius 1 is 0.824 bits per heavy atom. The van der Waals surface area contributed by atoms with E-state index in [0.29, 0.717) is 0 Å². The smallest absolute Gasteiger partial charge is 0.0228 e. The predicted molar refractivity (Wildman–Crippen MR) is 80.0 cm³/mol. The summed E-state index contributed by atoms with van der Waals surface area (Å²) in [5.41, 5.74) is 4.93. The van der Waals surface area contributed by atoms with Crippen LogP contribution in [0.5, 0.6) is 0 Å². The summed E-state index contributed by atoms with van der Waals surface area (Å²) in [6.07, 6.45) is 14.6. The molecule has 0 atom stereocenters. The summed E-state index contributed by atoms with van der Waals surface area (Å²) in [4.78, 5) is 0. The van der Waals surface area contributed by atoms with E-state index in [-0.39, 0.29) is 0 Å². The number of hydrogen-bond acceptors (Lipinski definition) is 0. The van der Waals surface area contributed by atoms with Gasteiger partial charge in [0.2, 0.25) is 0 Å². The van der Waals surface area contributed by atoms with Crippen LogP contribution >= 0.6 is 0 Å². The highest BCUT2D eigenvalue weighted by Crippen LogP contribution is 2.14. The van der Waals surface area contributed by atoms with Crippen molar-refractivity contribution in [2.45, 2.75) is 34.6 Å². The molecule has 0 rings (SSSR count). The zero-order valence-corrected chi connectivity index (χ0v) is 11.7. The summed E-state index contributed by atoms with van der Waals surface area (Å²) in [6.45, 7) is 14.1. The van der Waals surface area contributed by atoms with Gasteiger partial charge in [0.15, 0.2) is 0 Å². The summed E-state index contributed by atoms with van der Waals surface area (Å²) in [7, 11) is 0. The van der Waals surface area contributed by atoms with Gasteiger partial charge >= 0.3 is 0 Å². The zero-order valence-electron chi connectivity index (χ0n) is 11.7. The molecular formula is C17H24. The van der Waals surface area contributed by atoms with E-state index in [2.05, 4.69) is 63.8 Å². The Bertz CT molecular complexity index is 396. The maximum Gasteiger partial charge on any atom is -0.0228 e. The minimum Gasteiger partial charge on any atom is -0.0988 e. The molecule has 17 heavy (non-hydrogen) atoms. The Morgan fingerprint density at radius 2 is 1.41 bits per heavy atom. The SMILES string of the molecule is C=C\C(C)=C/C(C)=C(\C=C/C)/C=C(C)\C=C/C. The van der Waals surface area contributed by atoms with Gasteiger partial charge in [-0.25, -0.2) is 0 Å². The molecule has 0 heteroatoms. The van der Waals surface area contributed by atoms with Crippen molar-refractivity contribution in [2.75, 3.05) is 0 Å². The molecule has 0 saturated carbocycles. The molecule has 0 fully saturated rings. The van der Waals surface area contributed by atoms with Crippen LogP contribution in [0.4, 0.5) is 0 Å². The first-order valence-electron chi connectivity index (χ1n) is 6.00. The molecule has 0 nitrogen and oxygen atoms in total. The van der Waals surface area contributed by atoms with Gasteiger partial charge in [-0.2, -0.15) is 0 Å². The maximum absolute atomic E-state index is 3.77. The standard InChI is InChI=1S/C17H24/c1-7-10-15(5)13-17(11-8-2)16(6)12-14(4)9-3/h7-13H,3H2,1-2,4-6H3/b10-7-,11-8-,14-12-,15-13-,17-16+. The molecule has 0 amide bonds. The monoisotopic (exact) mass is 228 g/mol. The molecule has 0 heterocycles. The highest BCUT2D eigenvalue weighted by molar-refractivity contribution is 5.44. The van der Waals surface area contributed by atoms with Crippen LogP contribution in [0.25, 0.3) is 0 Å². The second kappa shape index (κ2) is 8.58. The molecular weight excluding hydrogens is 204 g/mol. The largest absolute Gasteiger partial charge is 0.0988 e. The normalized spacial score (nSPS) is 15.6. The Balaban J connectivity index is 5.42. The lowest BCUT2D eigenvalue weighted by Crippen LogP contribution is -1.82. The van der Waals surface area contributed by atoms with Gasteiger partial charge in [0.25, 0.3) is 0 Å². The first-order valence-corrected chi connectivity index (χ1v) is 6.00. The van der Waals surface area contributed by atoms with Crippen LogP contribution < -0.4 is 0 Å². The molecule has 0 aromatic heterocycles. The minimum atomic E-state index is 1.18. The van der Waals surface area contributed by atoms with Gasteiger partial charge in [-0.15, -0.1) is 0 Å². The molecule has 0 aliphatic heterocycles. The molecule has 0 bridgehead atoms. The summed E-state index contributed by atoms with van der Waals surface area (Å²) < 4.78 is 0. The second-order valence-electron chi connectivity index (χ2n) is 4.12. The van der Waals surface area contributed by atoms with E-state index in [1.54, 1.807) is 0 Å². The Morgan fingerprint density at radius 3 is 1.88 bits per heavy atom. The van der Waals surface area contributed by atoms with Gasteiger partial charge in [-0.3, -0.25) is 0 Å². The van der Waals surface area contributed by atoms with Crippen molar-refractivity contribution in [2.24, 2.45) is 0 Å². The molecule has 0 aliphatic rings. The molecule has 0 unspecified atom stereocenters. The van der Waals surface area contributed by atoms with E-state index < -0.39 is 0 Å². The van der Waals surface area contributed by atoms with E-state index >= 15 is 0 Å². The van der Waals surface area contributed by atoms with Crippen molar-refractivity contribution in [3.05, 3.63) is 71.4 Å². The Labute approximate surface area is 106 Å². The minimum absolute atomic E-state index is 1.18. The summed E-state index contributed by atoms with van der Waals surface area (Å²) in [5.74, 6) is 0. The first-order chi connectivity index (χ1) is 8.04. The molecule has 0 aromatic rings. The fourth-order valence-electron chi connectivity index (χ4n) is 1.51. The zero-order chi connectivity index (χ0) is 13.3. The predicted octanol–water partition coefficient (Wildman–Crippen LogP) is 5.53. The third-order valence-corrected chi connectivity index (χ3v) is 2.38. The fraction of sp³-hybridized carbons (Fsp3) is 0.294. The molecule has 0 aliphatic carbocycles. The molecule has 92 valence electrons. The number of hydrogen-bond donors (Lipinski definition) is 0. The van der Waals surface area contributed by atoms with Crippen molar-refractivity contribution in [3.63, 3.8) is 0 Å². The van der Waals surface area contributed by atoms with Crippen LogP contribution in [0.1, 0.15) is 34.6 Å². The molecule has 0 radical (unpaired) electrons. The van der Waals surface area contributed by atoms with E-state index in [0.717, 1.165) is 0 Å². The lowest BCUT2D eigenvalue weighted by atomic mass is 10.0. The Hall–Kier alpha value is -1.56. The van der Waals surface area contributed by atoms with Gasteiger partial charge in [-0.1, -0.05) is 60.3 Å². The van der Waals surface area contributed by atoms with E-state index in [4.69, 9.17) is 0 Å². The first kappa shape index (κ1) is 15.4. The van der Waals surface area contributed by atoms with Crippen LogP contribution in [-0.2, 0) is 0 Å². The van der Waals surface area contributed by atoms with Crippen molar-refractivity contribution in [1.82, 2.24) is 0 Å². The Kier molecular flexibility index (Phi) is 7.79. The third-order valence-electron chi connectivity index (χ3n) is 2.38. The summed E-state index contributed by atoms with van der Waals surface area (Å²) >= 11 is 0. The lowest BCUT2D eigenvalue weighted by Gasteiger charge is -2.02. The average molecular weight is 228 g/mol. The molecule has 0 spiro atoms. The number of rotatable bonds is 5. The van der Waals surface area contributed by atoms with Gasteiger partial charge in [0, 0.05) is 0 Å². The van der Waals surface area contributed by atoms with Crippen LogP contribution in [-0.4, -0.2) is 0 Å². The van der Waals surface area contributed by atoms with Gasteiger partial charge in [-0.05, 0) is 45.8 Å². The van der Waals surface area contributed by atoms with Crippen molar-refractivity contribution < 1.29 is 0 Å². The third kappa shape index (κ3) is 6.57. The maximum atomic E-state index is 3.77. The summed E-state index contributed by atoms with van der Waals surface area (Å²) in [5, 5.41) is 0. The molecule has 0 aromatic carbocycles. The van der Waals surface area contributed by atoms with E-state index in [9.17, 15) is 0 Å². The summed E-state index contributed by atoms with van der Waals surface area (Å²) in [6, 6.07) is 0. The van der Waals surface area contributed by atoms with Crippen molar-refractivity contribution in [3.8, 4) is 0 Å². The highest BCUT2D eigenvalue weighted by Gasteiger charge is 1.94. The van der Waals surface area contributed by atoms with Crippen molar-refractivity contribution in [1.29, 1.82) is 0 Å². The van der Waals surface area contributed by atoms with E-state index in [1.165, 1.54) is 22.3 Å². The topological polar surface area (TPSA) is 0 Å². The van der Waals surface area contributed by atoms with Crippen LogP contribution in [0, 0.1) is 0 Å². The van der Waals surface area contributed by atoms with Gasteiger partial charge < -0.3 is 0 Å². The van der Waals surface area contributed by atoms with E-state index in [1.807, 2.05) is 19.9 Å². The van der Waals surface area contributed by atoms with Crippen LogP contribution in [0.15, 0.2) is 71.4 Å². The molecule has 0 saturated heterocycles. The van der Waals surface area contributed by atoms with Crippen LogP contribution in [0.3, 0.4) is 0 Å². The highest BCUT2D eigenvalue weighted by atomic mass is 14.0. The fourth-order valence-corrected chi connectivity index (χ4v) is 1.51. The lowest BCUT2D eigenvalue weighted by molar-refractivity contribution is 1.37. The van der Waals surface area contributed by atoms with Crippen molar-refractivity contribution >= 4 is 0 Å². The van der Waals surface area contributed by atoms with Gasteiger partial charge in [0.05, 0.1) is 0 Å². The van der Waals surface area contributed by atoms with Gasteiger partial charge in [0.1, 0.15) is 0 Å². The molecule has 0 N–H and O–H groups in total. The second-order valence-corrected chi connectivity index (χ2v) is 4.12. The average Bonchev–Trinajstić information content (AvgIpc) is 2.28. The van der Waals surface area contributed by atoms with Crippen LogP contribution in [0.2, 0.25) is 0 Å².